The number of rotatable bonds is 2. The monoisotopic (exact) mass is 362 g/mol. The Morgan fingerprint density at radius 3 is 2.70 bits per heavy atom. The minimum Gasteiger partial charge on any atom is -0.339 e. The van der Waals surface area contributed by atoms with Crippen LogP contribution in [0.3, 0.4) is 0 Å². The number of likely N-dealkylation sites (tertiary alicyclic amines) is 1. The van der Waals surface area contributed by atoms with Crippen LogP contribution in [-0.4, -0.2) is 34.1 Å². The molecular weight excluding hydrogens is 350 g/mol. The second kappa shape index (κ2) is 3.86. The number of aromatic nitrogens is 2. The van der Waals surface area contributed by atoms with E-state index < -0.39 is 17.0 Å². The Morgan fingerprint density at radius 2 is 2.00 bits per heavy atom. The number of carbonyl (C=O) groups excluding carboxylic acids is 1. The lowest BCUT2D eigenvalue weighted by molar-refractivity contribution is -0.141. The maximum atomic E-state index is 14.1. The van der Waals surface area contributed by atoms with Crippen molar-refractivity contribution in [2.45, 2.75) is 11.3 Å². The van der Waals surface area contributed by atoms with Gasteiger partial charge in [0.1, 0.15) is 17.0 Å². The first-order valence-electron chi connectivity index (χ1n) is 9.10. The molecule has 7 rings (SSSR count). The van der Waals surface area contributed by atoms with E-state index in [4.69, 9.17) is 5.26 Å². The van der Waals surface area contributed by atoms with Gasteiger partial charge in [0.25, 0.3) is 0 Å². The maximum absolute atomic E-state index is 14.1. The van der Waals surface area contributed by atoms with Gasteiger partial charge in [0.15, 0.2) is 0 Å². The lowest BCUT2D eigenvalue weighted by Gasteiger charge is -2.39. The smallest absolute Gasteiger partial charge is 0.235 e. The Balaban J connectivity index is 1.31. The van der Waals surface area contributed by atoms with Crippen LogP contribution in [0.15, 0.2) is 24.3 Å². The third-order valence-electron chi connectivity index (χ3n) is 7.59. The van der Waals surface area contributed by atoms with Crippen LogP contribution >= 0.6 is 0 Å². The molecule has 2 heterocycles. The molecule has 1 aromatic heterocycles. The van der Waals surface area contributed by atoms with Gasteiger partial charge in [-0.1, -0.05) is 6.07 Å². The van der Waals surface area contributed by atoms with Crippen LogP contribution in [0.2, 0.25) is 0 Å². The normalized spacial score (nSPS) is 38.3. The SMILES string of the molecule is N#CC1CN(C(=O)[C@@]23c4nnc(-c5c(F)cccc5F)cc4[C@H]4C5C2C543)C1. The van der Waals surface area contributed by atoms with Gasteiger partial charge in [-0.25, -0.2) is 8.78 Å². The molecule has 2 aromatic rings. The summed E-state index contributed by atoms with van der Waals surface area (Å²) in [5.74, 6) is -0.195. The van der Waals surface area contributed by atoms with Crippen LogP contribution in [0.4, 0.5) is 8.78 Å². The van der Waals surface area contributed by atoms with Gasteiger partial charge >= 0.3 is 0 Å². The Hall–Kier alpha value is -2.88. The topological polar surface area (TPSA) is 69.9 Å². The molecule has 27 heavy (non-hydrogen) atoms. The Morgan fingerprint density at radius 1 is 1.26 bits per heavy atom. The van der Waals surface area contributed by atoms with Gasteiger partial charge in [-0.3, -0.25) is 4.79 Å². The van der Waals surface area contributed by atoms with Gasteiger partial charge in [-0.2, -0.15) is 10.4 Å². The number of hydrogen-bond donors (Lipinski definition) is 0. The molecule has 1 saturated heterocycles. The van der Waals surface area contributed by atoms with E-state index >= 15 is 0 Å². The van der Waals surface area contributed by atoms with Gasteiger partial charge < -0.3 is 4.90 Å². The van der Waals surface area contributed by atoms with E-state index in [0.29, 0.717) is 30.6 Å². The van der Waals surface area contributed by atoms with Crippen molar-refractivity contribution in [1.82, 2.24) is 15.1 Å². The predicted molar refractivity (Wildman–Crippen MR) is 86.9 cm³/mol. The van der Waals surface area contributed by atoms with Gasteiger partial charge in [0.05, 0.1) is 28.9 Å². The van der Waals surface area contributed by atoms with Crippen molar-refractivity contribution in [3.63, 3.8) is 0 Å². The Labute approximate surface area is 152 Å². The molecule has 1 spiro atoms. The average Bonchev–Trinajstić information content (AvgIpc) is 3.53. The largest absolute Gasteiger partial charge is 0.339 e. The first-order chi connectivity index (χ1) is 13.1. The highest BCUT2D eigenvalue weighted by Crippen LogP contribution is 3.14. The summed E-state index contributed by atoms with van der Waals surface area (Å²) in [6, 6.07) is 7.64. The van der Waals surface area contributed by atoms with Crippen molar-refractivity contribution in [1.29, 1.82) is 5.26 Å². The lowest BCUT2D eigenvalue weighted by atomic mass is 9.82. The van der Waals surface area contributed by atoms with E-state index in [1.54, 1.807) is 11.0 Å². The highest BCUT2D eigenvalue weighted by atomic mass is 19.1. The Bertz CT molecular complexity index is 1130. The molecule has 132 valence electrons. The summed E-state index contributed by atoms with van der Waals surface area (Å²) < 4.78 is 28.2. The maximum Gasteiger partial charge on any atom is 0.235 e. The standard InChI is InChI=1S/C20H12F2N4O/c21-10-2-1-3-11(22)13(10)12-4-9-14-15-16-19(14,15)20(16,17(9)25-24-12)18(27)26-6-8(5-23)7-26/h1-4,8,14-16H,6-7H2/t14-,15?,16?,19?,20-/m0/s1. The molecule has 4 fully saturated rings. The second-order valence-corrected chi connectivity index (χ2v) is 8.39. The molecule has 5 atom stereocenters. The number of nitrogens with zero attached hydrogens (tertiary/aromatic N) is 4. The minimum atomic E-state index is -0.668. The zero-order chi connectivity index (χ0) is 18.3. The molecule has 1 aliphatic heterocycles. The number of fused-ring (bicyclic) bond motifs is 6. The average molecular weight is 362 g/mol. The van der Waals surface area contributed by atoms with Crippen molar-refractivity contribution in [2.24, 2.45) is 23.2 Å². The number of halogens is 2. The summed E-state index contributed by atoms with van der Waals surface area (Å²) in [7, 11) is 0. The fourth-order valence-corrected chi connectivity index (χ4v) is 6.38. The summed E-state index contributed by atoms with van der Waals surface area (Å²) >= 11 is 0. The first-order valence-corrected chi connectivity index (χ1v) is 9.10. The van der Waals surface area contributed by atoms with E-state index in [1.807, 2.05) is 0 Å². The summed E-state index contributed by atoms with van der Waals surface area (Å²) in [5, 5.41) is 17.4. The van der Waals surface area contributed by atoms with E-state index in [2.05, 4.69) is 16.3 Å². The predicted octanol–water partition coefficient (Wildman–Crippen LogP) is 2.00. The third kappa shape index (κ3) is 1.19. The zero-order valence-electron chi connectivity index (χ0n) is 14.0. The molecule has 3 saturated carbocycles. The molecule has 4 aliphatic carbocycles. The second-order valence-electron chi connectivity index (χ2n) is 8.39. The third-order valence-corrected chi connectivity index (χ3v) is 7.59. The van der Waals surface area contributed by atoms with Crippen molar-refractivity contribution >= 4 is 5.91 Å². The van der Waals surface area contributed by atoms with Crippen molar-refractivity contribution in [3.05, 3.63) is 47.2 Å². The molecule has 5 aliphatic rings. The highest BCUT2D eigenvalue weighted by molar-refractivity contribution is 6.04. The number of nitriles is 1. The van der Waals surface area contributed by atoms with Crippen LogP contribution in [0.25, 0.3) is 11.3 Å². The van der Waals surface area contributed by atoms with Gasteiger partial charge in [-0.15, -0.1) is 5.10 Å². The van der Waals surface area contributed by atoms with E-state index in [1.165, 1.54) is 18.2 Å². The van der Waals surface area contributed by atoms with Crippen LogP contribution < -0.4 is 0 Å². The summed E-state index contributed by atoms with van der Waals surface area (Å²) in [6.45, 7) is 0.965. The number of benzene rings is 1. The molecule has 0 radical (unpaired) electrons. The summed E-state index contributed by atoms with van der Waals surface area (Å²) in [6.07, 6.45) is 0. The zero-order valence-corrected chi connectivity index (χ0v) is 14.0. The lowest BCUT2D eigenvalue weighted by Crippen LogP contribution is -2.54. The number of hydrogen-bond acceptors (Lipinski definition) is 4. The van der Waals surface area contributed by atoms with Crippen LogP contribution in [0, 0.1) is 46.1 Å². The first kappa shape index (κ1) is 14.2. The number of amides is 1. The fraction of sp³-hybridized carbons (Fsp3) is 0.400. The van der Waals surface area contributed by atoms with Gasteiger partial charge in [-0.05, 0) is 41.5 Å². The summed E-state index contributed by atoms with van der Waals surface area (Å²) in [4.78, 5) is 14.9. The molecule has 0 bridgehead atoms. The molecule has 5 nitrogen and oxygen atoms in total. The minimum absolute atomic E-state index is 0.00519. The Kier molecular flexibility index (Phi) is 2.03. The van der Waals surface area contributed by atoms with E-state index in [0.717, 1.165) is 5.56 Å². The van der Waals surface area contributed by atoms with E-state index in [-0.39, 0.29) is 34.4 Å². The van der Waals surface area contributed by atoms with Crippen LogP contribution in [0.5, 0.6) is 0 Å². The van der Waals surface area contributed by atoms with Crippen molar-refractivity contribution in [3.8, 4) is 17.3 Å². The number of carbonyl (C=O) groups is 1. The quantitative estimate of drug-likeness (QED) is 0.819. The molecule has 3 unspecified atom stereocenters. The van der Waals surface area contributed by atoms with Gasteiger partial charge in [0.2, 0.25) is 5.91 Å². The molecule has 7 heteroatoms. The molecule has 1 aromatic carbocycles. The van der Waals surface area contributed by atoms with E-state index in [9.17, 15) is 13.6 Å². The van der Waals surface area contributed by atoms with Crippen molar-refractivity contribution in [2.75, 3.05) is 13.1 Å². The molecule has 0 N–H and O–H groups in total. The molecule has 1 amide bonds. The highest BCUT2D eigenvalue weighted by Gasteiger charge is 3.16. The van der Waals surface area contributed by atoms with Crippen LogP contribution in [0.1, 0.15) is 17.2 Å². The molecular formula is C20H12F2N4O. The van der Waals surface area contributed by atoms with Crippen molar-refractivity contribution < 1.29 is 13.6 Å². The fourth-order valence-electron chi connectivity index (χ4n) is 6.38. The van der Waals surface area contributed by atoms with Gasteiger partial charge in [0, 0.05) is 18.5 Å². The summed E-state index contributed by atoms with van der Waals surface area (Å²) in [5.41, 5.74) is 1.08. The van der Waals surface area contributed by atoms with Crippen LogP contribution in [-0.2, 0) is 10.2 Å².